The molecule has 0 saturated carbocycles. The molecule has 2 rings (SSSR count). The van der Waals surface area contributed by atoms with E-state index in [-0.39, 0.29) is 5.54 Å². The van der Waals surface area contributed by atoms with Gasteiger partial charge in [-0.05, 0) is 25.0 Å². The minimum Gasteiger partial charge on any atom is -0.370 e. The molecule has 0 fully saturated rings. The maximum atomic E-state index is 6.33. The van der Waals surface area contributed by atoms with E-state index in [1.54, 1.807) is 6.07 Å². The van der Waals surface area contributed by atoms with Gasteiger partial charge in [0.1, 0.15) is 0 Å². The molecule has 1 unspecified atom stereocenters. The largest absolute Gasteiger partial charge is 0.370 e. The van der Waals surface area contributed by atoms with Crippen LogP contribution in [-0.2, 0) is 5.54 Å². The second-order valence-corrected chi connectivity index (χ2v) is 5.49. The number of aliphatic imine (C=N–C) groups is 1. The molecule has 1 aromatic carbocycles. The van der Waals surface area contributed by atoms with Crippen molar-refractivity contribution in [3.05, 3.63) is 33.8 Å². The molecule has 1 aliphatic heterocycles. The molecule has 2 N–H and O–H groups in total. The van der Waals surface area contributed by atoms with Crippen molar-refractivity contribution >= 4 is 29.2 Å². The van der Waals surface area contributed by atoms with Gasteiger partial charge >= 0.3 is 0 Å². The summed E-state index contributed by atoms with van der Waals surface area (Å²) in [6.45, 7) is 5.68. The van der Waals surface area contributed by atoms with Crippen molar-refractivity contribution in [3.63, 3.8) is 0 Å². The predicted molar refractivity (Wildman–Crippen MR) is 77.3 cm³/mol. The van der Waals surface area contributed by atoms with Gasteiger partial charge in [0.15, 0.2) is 5.96 Å². The Morgan fingerprint density at radius 2 is 2.17 bits per heavy atom. The molecule has 1 aliphatic rings. The Labute approximate surface area is 118 Å². The summed E-state index contributed by atoms with van der Waals surface area (Å²) >= 11 is 12.4. The third kappa shape index (κ3) is 2.06. The lowest BCUT2D eigenvalue weighted by molar-refractivity contribution is 0.225. The highest BCUT2D eigenvalue weighted by Crippen LogP contribution is 2.39. The molecular weight excluding hydrogens is 269 g/mol. The van der Waals surface area contributed by atoms with E-state index >= 15 is 0 Å². The summed E-state index contributed by atoms with van der Waals surface area (Å²) in [6, 6.07) is 5.69. The number of rotatable bonds is 3. The van der Waals surface area contributed by atoms with Crippen molar-refractivity contribution in [2.24, 2.45) is 10.7 Å². The Kier molecular flexibility index (Phi) is 3.74. The first kappa shape index (κ1) is 13.5. The van der Waals surface area contributed by atoms with Gasteiger partial charge in [0.2, 0.25) is 0 Å². The molecule has 0 saturated heterocycles. The minimum atomic E-state index is -0.303. The van der Waals surface area contributed by atoms with Crippen LogP contribution in [0.5, 0.6) is 0 Å². The molecule has 0 amide bonds. The van der Waals surface area contributed by atoms with Crippen LogP contribution >= 0.6 is 23.2 Å². The first-order valence-electron chi connectivity index (χ1n) is 6.02. The molecule has 5 heteroatoms. The summed E-state index contributed by atoms with van der Waals surface area (Å²) in [5.41, 5.74) is 6.64. The molecule has 0 aromatic heterocycles. The first-order valence-corrected chi connectivity index (χ1v) is 6.78. The summed E-state index contributed by atoms with van der Waals surface area (Å²) in [7, 11) is 0. The fourth-order valence-electron chi connectivity index (χ4n) is 2.39. The zero-order chi connectivity index (χ0) is 13.3. The van der Waals surface area contributed by atoms with Crippen molar-refractivity contribution in [2.45, 2.75) is 25.8 Å². The Morgan fingerprint density at radius 1 is 1.44 bits per heavy atom. The summed E-state index contributed by atoms with van der Waals surface area (Å²) in [6.07, 6.45) is 1.00. The van der Waals surface area contributed by atoms with Crippen LogP contribution in [0.25, 0.3) is 0 Å². The van der Waals surface area contributed by atoms with Crippen LogP contribution in [0.3, 0.4) is 0 Å². The van der Waals surface area contributed by atoms with Crippen molar-refractivity contribution in [3.8, 4) is 0 Å². The molecule has 0 bridgehead atoms. The van der Waals surface area contributed by atoms with Crippen LogP contribution in [-0.4, -0.2) is 23.9 Å². The van der Waals surface area contributed by atoms with E-state index in [9.17, 15) is 0 Å². The third-order valence-corrected chi connectivity index (χ3v) is 4.22. The smallest absolute Gasteiger partial charge is 0.192 e. The Hall–Kier alpha value is -0.930. The lowest BCUT2D eigenvalue weighted by Gasteiger charge is -2.37. The minimum absolute atomic E-state index is 0.303. The summed E-state index contributed by atoms with van der Waals surface area (Å²) in [4.78, 5) is 6.46. The molecule has 0 radical (unpaired) electrons. The molecule has 0 spiro atoms. The number of benzene rings is 1. The van der Waals surface area contributed by atoms with Crippen molar-refractivity contribution in [2.75, 3.05) is 13.1 Å². The van der Waals surface area contributed by atoms with E-state index in [2.05, 4.69) is 23.7 Å². The van der Waals surface area contributed by atoms with Crippen molar-refractivity contribution in [1.82, 2.24) is 4.90 Å². The average Bonchev–Trinajstić information content (AvgIpc) is 2.62. The van der Waals surface area contributed by atoms with E-state index < -0.39 is 0 Å². The molecule has 0 aliphatic carbocycles. The van der Waals surface area contributed by atoms with Crippen LogP contribution in [0, 0.1) is 0 Å². The fourth-order valence-corrected chi connectivity index (χ4v) is 2.90. The molecule has 98 valence electrons. The topological polar surface area (TPSA) is 41.6 Å². The lowest BCUT2D eigenvalue weighted by Crippen LogP contribution is -2.47. The number of guanidine groups is 1. The second kappa shape index (κ2) is 4.98. The Balaban J connectivity index is 2.45. The van der Waals surface area contributed by atoms with Crippen molar-refractivity contribution < 1.29 is 0 Å². The Bertz CT molecular complexity index is 487. The molecule has 1 atom stereocenters. The summed E-state index contributed by atoms with van der Waals surface area (Å²) in [5, 5.41) is 1.16. The number of hydrogen-bond acceptors (Lipinski definition) is 3. The fraction of sp³-hybridized carbons (Fsp3) is 0.462. The van der Waals surface area contributed by atoms with Gasteiger partial charge < -0.3 is 10.6 Å². The van der Waals surface area contributed by atoms with E-state index in [0.717, 1.165) is 18.5 Å². The van der Waals surface area contributed by atoms with Gasteiger partial charge in [-0.15, -0.1) is 0 Å². The van der Waals surface area contributed by atoms with Gasteiger partial charge in [0.05, 0.1) is 22.1 Å². The predicted octanol–water partition coefficient (Wildman–Crippen LogP) is 3.25. The van der Waals surface area contributed by atoms with E-state index in [1.807, 2.05) is 12.1 Å². The van der Waals surface area contributed by atoms with Gasteiger partial charge in [0, 0.05) is 6.54 Å². The van der Waals surface area contributed by atoms with Gasteiger partial charge in [-0.25, -0.2) is 0 Å². The van der Waals surface area contributed by atoms with Gasteiger partial charge in [-0.2, -0.15) is 0 Å². The van der Waals surface area contributed by atoms with Gasteiger partial charge in [-0.3, -0.25) is 4.99 Å². The van der Waals surface area contributed by atoms with Gasteiger partial charge in [0.25, 0.3) is 0 Å². The number of nitrogens with two attached hydrogens (primary N) is 1. The van der Waals surface area contributed by atoms with Crippen LogP contribution in [0.4, 0.5) is 0 Å². The molecule has 1 heterocycles. The second-order valence-electron chi connectivity index (χ2n) is 4.70. The number of hydrogen-bond donors (Lipinski definition) is 1. The van der Waals surface area contributed by atoms with Crippen LogP contribution < -0.4 is 5.73 Å². The monoisotopic (exact) mass is 285 g/mol. The third-order valence-electron chi connectivity index (χ3n) is 3.40. The van der Waals surface area contributed by atoms with Gasteiger partial charge in [-0.1, -0.05) is 42.3 Å². The molecule has 1 aromatic rings. The summed E-state index contributed by atoms with van der Waals surface area (Å²) < 4.78 is 0. The zero-order valence-corrected chi connectivity index (χ0v) is 12.1. The highest BCUT2D eigenvalue weighted by molar-refractivity contribution is 6.42. The molecular formula is C13H17Cl2N3. The van der Waals surface area contributed by atoms with E-state index in [0.29, 0.717) is 22.5 Å². The maximum Gasteiger partial charge on any atom is 0.192 e. The first-order chi connectivity index (χ1) is 8.50. The molecule has 18 heavy (non-hydrogen) atoms. The van der Waals surface area contributed by atoms with Crippen LogP contribution in [0.15, 0.2) is 23.2 Å². The van der Waals surface area contributed by atoms with Crippen LogP contribution in [0.2, 0.25) is 10.0 Å². The lowest BCUT2D eigenvalue weighted by atomic mass is 9.91. The highest BCUT2D eigenvalue weighted by atomic mass is 35.5. The standard InChI is InChI=1S/C13H17Cl2N3/c1-3-7-18-12(16)17-8-13(18,2)9-5-4-6-10(14)11(9)15/h4-6H,3,7-8H2,1-2H3,(H2,16,17). The van der Waals surface area contributed by atoms with E-state index in [1.165, 1.54) is 0 Å². The number of nitrogens with zero attached hydrogens (tertiary/aromatic N) is 2. The molecule has 3 nitrogen and oxygen atoms in total. The quantitative estimate of drug-likeness (QED) is 0.926. The van der Waals surface area contributed by atoms with Crippen LogP contribution in [0.1, 0.15) is 25.8 Å². The Morgan fingerprint density at radius 3 is 2.83 bits per heavy atom. The normalized spacial score (nSPS) is 23.3. The SMILES string of the molecule is CCCN1C(N)=NCC1(C)c1cccc(Cl)c1Cl. The zero-order valence-electron chi connectivity index (χ0n) is 10.6. The number of halogens is 2. The van der Waals surface area contributed by atoms with Crippen molar-refractivity contribution in [1.29, 1.82) is 0 Å². The van der Waals surface area contributed by atoms with E-state index in [4.69, 9.17) is 28.9 Å². The maximum absolute atomic E-state index is 6.33. The average molecular weight is 286 g/mol. The highest BCUT2D eigenvalue weighted by Gasteiger charge is 2.40. The summed E-state index contributed by atoms with van der Waals surface area (Å²) in [5.74, 6) is 0.579.